The molecule has 3 atom stereocenters. The largest absolute Gasteiger partial charge is 0.482 e. The monoisotopic (exact) mass is 456 g/mol. The number of fused-ring (bicyclic) bond motifs is 1. The summed E-state index contributed by atoms with van der Waals surface area (Å²) in [5, 5.41) is 3.16. The highest BCUT2D eigenvalue weighted by molar-refractivity contribution is 6.32. The number of nitrogens with one attached hydrogen (secondary N) is 1. The maximum atomic E-state index is 14.3. The fraction of sp³-hybridized carbons (Fsp3) is 0.360. The Kier molecular flexibility index (Phi) is 6.80. The van der Waals surface area contributed by atoms with Gasteiger partial charge in [0.2, 0.25) is 5.91 Å². The number of hydrogen-bond donors (Lipinski definition) is 1. The molecule has 3 unspecified atom stereocenters. The first-order chi connectivity index (χ1) is 15.4. The van der Waals surface area contributed by atoms with Gasteiger partial charge in [-0.1, -0.05) is 54.4 Å². The smallest absolute Gasteiger partial charge is 0.289 e. The maximum absolute atomic E-state index is 14.3. The summed E-state index contributed by atoms with van der Waals surface area (Å²) >= 11 is 6.14. The highest BCUT2D eigenvalue weighted by Gasteiger charge is 2.42. The van der Waals surface area contributed by atoms with E-state index < -0.39 is 11.7 Å². The van der Waals surface area contributed by atoms with E-state index in [-0.39, 0.29) is 47.0 Å². The molecule has 0 bridgehead atoms. The second kappa shape index (κ2) is 9.74. The molecular formula is C25H26ClFN2O3. The predicted octanol–water partition coefficient (Wildman–Crippen LogP) is 4.87. The third-order valence-corrected chi connectivity index (χ3v) is 6.41. The van der Waals surface area contributed by atoms with Crippen molar-refractivity contribution in [1.29, 1.82) is 0 Å². The van der Waals surface area contributed by atoms with Gasteiger partial charge in [0.15, 0.2) is 5.76 Å². The van der Waals surface area contributed by atoms with E-state index in [1.807, 2.05) is 37.3 Å². The Bertz CT molecular complexity index is 1010. The van der Waals surface area contributed by atoms with Gasteiger partial charge in [-0.3, -0.25) is 9.59 Å². The fourth-order valence-corrected chi connectivity index (χ4v) is 4.63. The van der Waals surface area contributed by atoms with Crippen molar-refractivity contribution < 1.29 is 18.7 Å². The molecule has 1 heterocycles. The van der Waals surface area contributed by atoms with Gasteiger partial charge in [0.1, 0.15) is 18.5 Å². The molecule has 0 aromatic heterocycles. The summed E-state index contributed by atoms with van der Waals surface area (Å²) in [5.74, 6) is -1.18. The van der Waals surface area contributed by atoms with Crippen LogP contribution in [0.5, 0.6) is 0 Å². The number of benzene rings is 2. The maximum Gasteiger partial charge on any atom is 0.289 e. The van der Waals surface area contributed by atoms with Crippen molar-refractivity contribution >= 4 is 29.5 Å². The SMILES string of the molecule is CC(NC(=O)CN1C(=O)/C(=C/c2c(F)cccc2Cl)OC2CCCCC21)c1ccccc1. The van der Waals surface area contributed by atoms with E-state index in [2.05, 4.69) is 5.32 Å². The molecule has 5 nitrogen and oxygen atoms in total. The Balaban J connectivity index is 1.56. The Hall–Kier alpha value is -2.86. The van der Waals surface area contributed by atoms with Crippen LogP contribution in [0.25, 0.3) is 6.08 Å². The van der Waals surface area contributed by atoms with Crippen LogP contribution in [0.2, 0.25) is 5.02 Å². The van der Waals surface area contributed by atoms with E-state index in [0.29, 0.717) is 0 Å². The minimum atomic E-state index is -0.534. The van der Waals surface area contributed by atoms with Crippen LogP contribution in [0.3, 0.4) is 0 Å². The number of ether oxygens (including phenoxy) is 1. The van der Waals surface area contributed by atoms with Crippen LogP contribution in [0.4, 0.5) is 4.39 Å². The standard InChI is InChI=1S/C25H26ClFN2O3/c1-16(17-8-3-2-4-9-17)28-24(30)15-29-21-12-5-6-13-22(21)32-23(25(29)31)14-18-19(26)10-7-11-20(18)27/h2-4,7-11,14,16,21-22H,5-6,12-13,15H2,1H3,(H,28,30)/b23-14-. The summed E-state index contributed by atoms with van der Waals surface area (Å²) in [5.41, 5.74) is 1.09. The zero-order chi connectivity index (χ0) is 22.7. The Morgan fingerprint density at radius 1 is 1.22 bits per heavy atom. The summed E-state index contributed by atoms with van der Waals surface area (Å²) in [6.45, 7) is 1.83. The number of nitrogens with zero attached hydrogens (tertiary/aromatic N) is 1. The molecule has 2 fully saturated rings. The molecule has 0 spiro atoms. The van der Waals surface area contributed by atoms with Crippen molar-refractivity contribution in [3.8, 4) is 0 Å². The first-order valence-electron chi connectivity index (χ1n) is 10.9. The molecule has 1 aliphatic heterocycles. The number of amides is 2. The molecule has 168 valence electrons. The molecule has 4 rings (SSSR count). The van der Waals surface area contributed by atoms with Crippen LogP contribution in [0.15, 0.2) is 54.3 Å². The number of carbonyl (C=O) groups excluding carboxylic acids is 2. The summed E-state index contributed by atoms with van der Waals surface area (Å²) in [6.07, 6.45) is 4.62. The third-order valence-electron chi connectivity index (χ3n) is 6.08. The van der Waals surface area contributed by atoms with Crippen LogP contribution in [-0.4, -0.2) is 35.4 Å². The van der Waals surface area contributed by atoms with Crippen molar-refractivity contribution in [2.45, 2.75) is 50.8 Å². The van der Waals surface area contributed by atoms with Crippen LogP contribution >= 0.6 is 11.6 Å². The minimum Gasteiger partial charge on any atom is -0.482 e. The molecule has 32 heavy (non-hydrogen) atoms. The number of rotatable bonds is 5. The lowest BCUT2D eigenvalue weighted by Gasteiger charge is -2.44. The second-order valence-electron chi connectivity index (χ2n) is 8.28. The van der Waals surface area contributed by atoms with E-state index in [4.69, 9.17) is 16.3 Å². The fourth-order valence-electron chi connectivity index (χ4n) is 4.41. The molecule has 2 aromatic carbocycles. The van der Waals surface area contributed by atoms with Gasteiger partial charge in [0.05, 0.1) is 17.1 Å². The lowest BCUT2D eigenvalue weighted by molar-refractivity contribution is -0.152. The van der Waals surface area contributed by atoms with Gasteiger partial charge in [0.25, 0.3) is 5.91 Å². The molecule has 2 aromatic rings. The summed E-state index contributed by atoms with van der Waals surface area (Å²) in [4.78, 5) is 27.7. The van der Waals surface area contributed by atoms with Gasteiger partial charge in [-0.2, -0.15) is 0 Å². The zero-order valence-electron chi connectivity index (χ0n) is 17.9. The number of halogens is 2. The Morgan fingerprint density at radius 2 is 1.97 bits per heavy atom. The molecule has 2 aliphatic rings. The van der Waals surface area contributed by atoms with E-state index >= 15 is 0 Å². The van der Waals surface area contributed by atoms with Gasteiger partial charge in [0, 0.05) is 5.56 Å². The average Bonchev–Trinajstić information content (AvgIpc) is 2.79. The first-order valence-corrected chi connectivity index (χ1v) is 11.3. The topological polar surface area (TPSA) is 58.6 Å². The molecule has 7 heteroatoms. The van der Waals surface area contributed by atoms with E-state index in [9.17, 15) is 14.0 Å². The van der Waals surface area contributed by atoms with Gasteiger partial charge in [-0.05, 0) is 50.0 Å². The summed E-state index contributed by atoms with van der Waals surface area (Å²) in [6, 6.07) is 13.6. The first kappa shape index (κ1) is 22.3. The normalized spacial score (nSPS) is 22.8. The molecule has 1 aliphatic carbocycles. The Morgan fingerprint density at radius 3 is 2.72 bits per heavy atom. The van der Waals surface area contributed by atoms with Gasteiger partial charge in [-0.25, -0.2) is 4.39 Å². The van der Waals surface area contributed by atoms with E-state index in [1.54, 1.807) is 11.0 Å². The van der Waals surface area contributed by atoms with E-state index in [0.717, 1.165) is 31.2 Å². The van der Waals surface area contributed by atoms with Crippen LogP contribution in [0.1, 0.15) is 49.8 Å². The van der Waals surface area contributed by atoms with E-state index in [1.165, 1.54) is 18.2 Å². The van der Waals surface area contributed by atoms with Crippen molar-refractivity contribution in [3.63, 3.8) is 0 Å². The van der Waals surface area contributed by atoms with Crippen LogP contribution in [0, 0.1) is 5.82 Å². The molecule has 1 saturated heterocycles. The van der Waals surface area contributed by atoms with Crippen molar-refractivity contribution in [2.75, 3.05) is 6.54 Å². The minimum absolute atomic E-state index is 0.0176. The number of morpholine rings is 1. The lowest BCUT2D eigenvalue weighted by Crippen LogP contribution is -2.57. The van der Waals surface area contributed by atoms with Gasteiger partial charge >= 0.3 is 0 Å². The van der Waals surface area contributed by atoms with Crippen molar-refractivity contribution in [3.05, 3.63) is 76.3 Å². The molecule has 2 amide bonds. The number of hydrogen-bond acceptors (Lipinski definition) is 3. The van der Waals surface area contributed by atoms with Gasteiger partial charge < -0.3 is 15.0 Å². The summed E-state index contributed by atoms with van der Waals surface area (Å²) < 4.78 is 20.3. The predicted molar refractivity (Wildman–Crippen MR) is 121 cm³/mol. The van der Waals surface area contributed by atoms with Crippen molar-refractivity contribution in [1.82, 2.24) is 10.2 Å². The van der Waals surface area contributed by atoms with Crippen LogP contribution in [-0.2, 0) is 14.3 Å². The summed E-state index contributed by atoms with van der Waals surface area (Å²) in [7, 11) is 0. The average molecular weight is 457 g/mol. The molecule has 0 radical (unpaired) electrons. The number of carbonyl (C=O) groups is 2. The highest BCUT2D eigenvalue weighted by Crippen LogP contribution is 2.34. The molecule has 1 saturated carbocycles. The Labute approximate surface area is 192 Å². The second-order valence-corrected chi connectivity index (χ2v) is 8.69. The highest BCUT2D eigenvalue weighted by atomic mass is 35.5. The third kappa shape index (κ3) is 4.80. The molecular weight excluding hydrogens is 431 g/mol. The van der Waals surface area contributed by atoms with Gasteiger partial charge in [-0.15, -0.1) is 0 Å². The quantitative estimate of drug-likeness (QED) is 0.653. The molecule has 1 N–H and O–H groups in total. The zero-order valence-corrected chi connectivity index (χ0v) is 18.6. The van der Waals surface area contributed by atoms with Crippen molar-refractivity contribution in [2.24, 2.45) is 0 Å². The lowest BCUT2D eigenvalue weighted by atomic mass is 9.89. The van der Waals surface area contributed by atoms with Crippen LogP contribution < -0.4 is 5.32 Å².